The van der Waals surface area contributed by atoms with Crippen LogP contribution in [-0.4, -0.2) is 33.9 Å². The first-order valence-electron chi connectivity index (χ1n) is 6.40. The topological polar surface area (TPSA) is 91.7 Å². The van der Waals surface area contributed by atoms with E-state index in [-0.39, 0.29) is 29.0 Å². The van der Waals surface area contributed by atoms with E-state index in [9.17, 15) is 14.4 Å². The Morgan fingerprint density at radius 1 is 1.32 bits per heavy atom. The van der Waals surface area contributed by atoms with Crippen LogP contribution in [0.15, 0.2) is 11.6 Å². The number of unbranched alkanes of at least 4 members (excludes halogenated alkanes) is 1. The Morgan fingerprint density at radius 2 is 1.84 bits per heavy atom. The van der Waals surface area contributed by atoms with E-state index in [1.807, 2.05) is 13.8 Å². The van der Waals surface area contributed by atoms with Gasteiger partial charge in [0, 0.05) is 12.8 Å². The number of rotatable bonds is 5. The second kappa shape index (κ2) is 6.10. The van der Waals surface area contributed by atoms with Gasteiger partial charge in [0.05, 0.1) is 5.57 Å². The third kappa shape index (κ3) is 4.59. The van der Waals surface area contributed by atoms with Crippen LogP contribution in [0.1, 0.15) is 46.0 Å². The molecule has 19 heavy (non-hydrogen) atoms. The van der Waals surface area contributed by atoms with E-state index < -0.39 is 12.1 Å². The second-order valence-corrected chi connectivity index (χ2v) is 5.77. The maximum atomic E-state index is 11.8. The molecule has 0 spiro atoms. The van der Waals surface area contributed by atoms with Crippen molar-refractivity contribution < 1.29 is 24.6 Å². The minimum atomic E-state index is -1.38. The van der Waals surface area contributed by atoms with Gasteiger partial charge < -0.3 is 10.2 Å². The number of aliphatic carboxylic acids is 1. The average molecular weight is 268 g/mol. The molecule has 0 aliphatic heterocycles. The molecule has 0 bridgehead atoms. The van der Waals surface area contributed by atoms with E-state index in [1.54, 1.807) is 6.08 Å². The monoisotopic (exact) mass is 268 g/mol. The molecule has 0 amide bonds. The summed E-state index contributed by atoms with van der Waals surface area (Å²) in [7, 11) is 0. The summed E-state index contributed by atoms with van der Waals surface area (Å²) >= 11 is 0. The van der Waals surface area contributed by atoms with Gasteiger partial charge >= 0.3 is 5.97 Å². The zero-order chi connectivity index (χ0) is 14.6. The zero-order valence-electron chi connectivity index (χ0n) is 11.3. The Hall–Kier alpha value is -1.49. The van der Waals surface area contributed by atoms with Crippen molar-refractivity contribution in [3.8, 4) is 0 Å². The highest BCUT2D eigenvalue weighted by Gasteiger charge is 2.35. The molecule has 1 aliphatic rings. The first kappa shape index (κ1) is 15.6. The number of carboxylic acid groups (broad SMARTS) is 1. The molecule has 0 aromatic carbocycles. The number of carbonyl (C=O) groups is 3. The van der Waals surface area contributed by atoms with Gasteiger partial charge in [0.2, 0.25) is 0 Å². The van der Waals surface area contributed by atoms with Crippen LogP contribution in [-0.2, 0) is 14.4 Å². The van der Waals surface area contributed by atoms with Gasteiger partial charge in [-0.05, 0) is 24.7 Å². The summed E-state index contributed by atoms with van der Waals surface area (Å²) in [5.74, 6) is -1.53. The number of ketones is 2. The summed E-state index contributed by atoms with van der Waals surface area (Å²) < 4.78 is 0. The Kier molecular flexibility index (Phi) is 5.00. The molecule has 0 radical (unpaired) electrons. The SMILES string of the molecule is CC1(C)CC(=O)C(=CCCCC(O)C(=O)O)C(=O)C1. The molecule has 0 heterocycles. The minimum absolute atomic E-state index is 0.118. The minimum Gasteiger partial charge on any atom is -0.479 e. The number of aliphatic hydroxyl groups excluding tert-OH is 1. The van der Waals surface area contributed by atoms with Gasteiger partial charge in [-0.3, -0.25) is 9.59 Å². The Bertz CT molecular complexity index is 398. The standard InChI is InChI=1S/C14H20O5/c1-14(2)7-11(16)9(12(17)8-14)5-3-4-6-10(15)13(18)19/h5,10,15H,3-4,6-8H2,1-2H3,(H,18,19). The molecule has 0 aromatic heterocycles. The van der Waals surface area contributed by atoms with Crippen LogP contribution in [0.3, 0.4) is 0 Å². The molecule has 1 atom stereocenters. The fourth-order valence-corrected chi connectivity index (χ4v) is 2.19. The lowest BCUT2D eigenvalue weighted by Gasteiger charge is -2.28. The Labute approximate surface area is 112 Å². The number of hydrogen-bond donors (Lipinski definition) is 2. The molecular weight excluding hydrogens is 248 g/mol. The summed E-state index contributed by atoms with van der Waals surface area (Å²) in [5, 5.41) is 17.6. The van der Waals surface area contributed by atoms with Crippen LogP contribution in [0, 0.1) is 5.41 Å². The fraction of sp³-hybridized carbons (Fsp3) is 0.643. The van der Waals surface area contributed by atoms with Crippen molar-refractivity contribution in [3.05, 3.63) is 11.6 Å². The number of allylic oxidation sites excluding steroid dienone is 2. The summed E-state index contributed by atoms with van der Waals surface area (Å²) in [6.45, 7) is 3.78. The fourth-order valence-electron chi connectivity index (χ4n) is 2.19. The largest absolute Gasteiger partial charge is 0.479 e. The van der Waals surface area contributed by atoms with E-state index in [2.05, 4.69) is 0 Å². The third-order valence-corrected chi connectivity index (χ3v) is 3.19. The van der Waals surface area contributed by atoms with Crippen LogP contribution in [0.25, 0.3) is 0 Å². The lowest BCUT2D eigenvalue weighted by atomic mass is 9.74. The quantitative estimate of drug-likeness (QED) is 0.448. The van der Waals surface area contributed by atoms with Gasteiger partial charge in [-0.25, -0.2) is 4.79 Å². The molecule has 0 aromatic rings. The molecule has 1 rings (SSSR count). The normalized spacial score (nSPS) is 20.3. The summed E-state index contributed by atoms with van der Waals surface area (Å²) in [4.78, 5) is 34.0. The van der Waals surface area contributed by atoms with Crippen LogP contribution in [0.2, 0.25) is 0 Å². The molecule has 1 unspecified atom stereocenters. The predicted molar refractivity (Wildman–Crippen MR) is 68.6 cm³/mol. The number of carbonyl (C=O) groups excluding carboxylic acids is 2. The number of aliphatic hydroxyl groups is 1. The predicted octanol–water partition coefficient (Wildman–Crippen LogP) is 1.49. The van der Waals surface area contributed by atoms with Crippen molar-refractivity contribution in [1.29, 1.82) is 0 Å². The Balaban J connectivity index is 2.51. The molecular formula is C14H20O5. The van der Waals surface area contributed by atoms with Gasteiger partial charge in [-0.2, -0.15) is 0 Å². The average Bonchev–Trinajstić information content (AvgIpc) is 2.24. The van der Waals surface area contributed by atoms with Crippen LogP contribution in [0.4, 0.5) is 0 Å². The lowest BCUT2D eigenvalue weighted by molar-refractivity contribution is -0.147. The van der Waals surface area contributed by atoms with Crippen molar-refractivity contribution in [3.63, 3.8) is 0 Å². The lowest BCUT2D eigenvalue weighted by Crippen LogP contribution is -2.31. The highest BCUT2D eigenvalue weighted by molar-refractivity contribution is 6.22. The van der Waals surface area contributed by atoms with Crippen molar-refractivity contribution in [2.24, 2.45) is 5.41 Å². The summed E-state index contributed by atoms with van der Waals surface area (Å²) in [6, 6.07) is 0. The van der Waals surface area contributed by atoms with E-state index in [0.717, 1.165) is 0 Å². The van der Waals surface area contributed by atoms with E-state index >= 15 is 0 Å². The first-order chi connectivity index (χ1) is 8.73. The highest BCUT2D eigenvalue weighted by atomic mass is 16.4. The smallest absolute Gasteiger partial charge is 0.332 e. The van der Waals surface area contributed by atoms with Gasteiger partial charge in [0.15, 0.2) is 17.7 Å². The molecule has 1 saturated carbocycles. The maximum Gasteiger partial charge on any atom is 0.332 e. The number of carboxylic acids is 1. The van der Waals surface area contributed by atoms with Gasteiger partial charge in [0.25, 0.3) is 0 Å². The summed E-state index contributed by atoms with van der Waals surface area (Å²) in [6.07, 6.45) is 1.90. The van der Waals surface area contributed by atoms with E-state index in [4.69, 9.17) is 10.2 Å². The molecule has 106 valence electrons. The third-order valence-electron chi connectivity index (χ3n) is 3.19. The molecule has 1 aliphatic carbocycles. The first-order valence-corrected chi connectivity index (χ1v) is 6.40. The van der Waals surface area contributed by atoms with Crippen LogP contribution in [0.5, 0.6) is 0 Å². The Morgan fingerprint density at radius 3 is 2.32 bits per heavy atom. The number of Topliss-reactive ketones (excluding diaryl/α,β-unsaturated/α-hetero) is 2. The summed E-state index contributed by atoms with van der Waals surface area (Å²) in [5.41, 5.74) is -0.0329. The molecule has 1 fully saturated rings. The van der Waals surface area contributed by atoms with E-state index in [0.29, 0.717) is 25.7 Å². The molecule has 5 heteroatoms. The number of hydrogen-bond acceptors (Lipinski definition) is 4. The van der Waals surface area contributed by atoms with Crippen molar-refractivity contribution in [1.82, 2.24) is 0 Å². The van der Waals surface area contributed by atoms with Crippen molar-refractivity contribution in [2.45, 2.75) is 52.1 Å². The van der Waals surface area contributed by atoms with Gasteiger partial charge in [-0.15, -0.1) is 0 Å². The zero-order valence-corrected chi connectivity index (χ0v) is 11.3. The van der Waals surface area contributed by atoms with Crippen molar-refractivity contribution in [2.75, 3.05) is 0 Å². The molecule has 0 saturated heterocycles. The molecule has 5 nitrogen and oxygen atoms in total. The highest BCUT2D eigenvalue weighted by Crippen LogP contribution is 2.33. The second-order valence-electron chi connectivity index (χ2n) is 5.77. The van der Waals surface area contributed by atoms with Crippen LogP contribution < -0.4 is 0 Å². The van der Waals surface area contributed by atoms with E-state index in [1.165, 1.54) is 0 Å². The molecule has 2 N–H and O–H groups in total. The van der Waals surface area contributed by atoms with Crippen LogP contribution >= 0.6 is 0 Å². The maximum absolute atomic E-state index is 11.8. The van der Waals surface area contributed by atoms with Crippen molar-refractivity contribution >= 4 is 17.5 Å². The van der Waals surface area contributed by atoms with Gasteiger partial charge in [0.1, 0.15) is 0 Å². The van der Waals surface area contributed by atoms with Gasteiger partial charge in [-0.1, -0.05) is 19.9 Å².